The Morgan fingerprint density at radius 1 is 1.19 bits per heavy atom. The van der Waals surface area contributed by atoms with Gasteiger partial charge >= 0.3 is 0 Å². The average Bonchev–Trinajstić information content (AvgIpc) is 2.73. The number of ether oxygens (including phenoxy) is 1. The summed E-state index contributed by atoms with van der Waals surface area (Å²) in [7, 11) is 0. The second-order valence-corrected chi connectivity index (χ2v) is 6.41. The van der Waals surface area contributed by atoms with Crippen LogP contribution in [0.3, 0.4) is 0 Å². The summed E-state index contributed by atoms with van der Waals surface area (Å²) in [4.78, 5) is 4.39. The van der Waals surface area contributed by atoms with E-state index in [0.717, 1.165) is 18.2 Å². The quantitative estimate of drug-likeness (QED) is 0.784. The number of pyridine rings is 1. The van der Waals surface area contributed by atoms with Gasteiger partial charge in [0.2, 0.25) is 0 Å². The predicted octanol–water partition coefficient (Wildman–Crippen LogP) is 4.49. The van der Waals surface area contributed by atoms with Crippen molar-refractivity contribution in [3.8, 4) is 5.75 Å². The number of rotatable bonds is 6. The highest BCUT2D eigenvalue weighted by molar-refractivity contribution is 5.26. The first-order valence-electron chi connectivity index (χ1n) is 8.55. The predicted molar refractivity (Wildman–Crippen MR) is 87.6 cm³/mol. The molecule has 0 amide bonds. The number of hydrogen-bond acceptors (Lipinski definition) is 3. The van der Waals surface area contributed by atoms with Crippen molar-refractivity contribution >= 4 is 0 Å². The van der Waals surface area contributed by atoms with Crippen LogP contribution in [0, 0.1) is 5.92 Å². The molecule has 1 unspecified atom stereocenters. The van der Waals surface area contributed by atoms with E-state index in [1.807, 2.05) is 12.4 Å². The number of hydrogen-bond donors (Lipinski definition) is 1. The van der Waals surface area contributed by atoms with Crippen molar-refractivity contribution in [3.63, 3.8) is 0 Å². The topological polar surface area (TPSA) is 34.2 Å². The minimum Gasteiger partial charge on any atom is -0.489 e. The lowest BCUT2D eigenvalue weighted by atomic mass is 9.87. The van der Waals surface area contributed by atoms with Crippen LogP contribution in [0.5, 0.6) is 5.75 Å². The first kappa shape index (κ1) is 16.3. The molecule has 2 rings (SSSR count). The Morgan fingerprint density at radius 2 is 1.90 bits per heavy atom. The Morgan fingerprint density at radius 3 is 2.52 bits per heavy atom. The van der Waals surface area contributed by atoms with Gasteiger partial charge in [-0.05, 0) is 50.8 Å². The van der Waals surface area contributed by atoms with E-state index in [1.165, 1.54) is 44.1 Å². The first-order valence-corrected chi connectivity index (χ1v) is 8.55. The van der Waals surface area contributed by atoms with Crippen LogP contribution < -0.4 is 10.1 Å². The zero-order valence-corrected chi connectivity index (χ0v) is 13.8. The maximum Gasteiger partial charge on any atom is 0.138 e. The average molecular weight is 290 g/mol. The lowest BCUT2D eigenvalue weighted by molar-refractivity contribution is 0.240. The minimum absolute atomic E-state index is 0.192. The van der Waals surface area contributed by atoms with E-state index in [2.05, 4.69) is 37.1 Å². The van der Waals surface area contributed by atoms with E-state index in [0.29, 0.717) is 6.04 Å². The molecule has 1 heterocycles. The second kappa shape index (κ2) is 8.38. The monoisotopic (exact) mass is 290 g/mol. The van der Waals surface area contributed by atoms with Crippen LogP contribution in [0.1, 0.15) is 70.9 Å². The molecule has 0 saturated heterocycles. The van der Waals surface area contributed by atoms with Crippen LogP contribution in [0.25, 0.3) is 0 Å². The Hall–Kier alpha value is -1.09. The molecule has 0 radical (unpaired) electrons. The summed E-state index contributed by atoms with van der Waals surface area (Å²) in [5.74, 6) is 1.61. The van der Waals surface area contributed by atoms with Gasteiger partial charge in [-0.25, -0.2) is 0 Å². The van der Waals surface area contributed by atoms with E-state index in [4.69, 9.17) is 4.74 Å². The van der Waals surface area contributed by atoms with E-state index >= 15 is 0 Å². The van der Waals surface area contributed by atoms with Crippen LogP contribution in [0.4, 0.5) is 0 Å². The van der Waals surface area contributed by atoms with E-state index in [9.17, 15) is 0 Å². The SMILES string of the molecule is CCNC(c1cncc(OC(C)C)c1)C1CCCCCC1. The van der Waals surface area contributed by atoms with Crippen LogP contribution in [0.15, 0.2) is 18.5 Å². The maximum absolute atomic E-state index is 5.80. The zero-order chi connectivity index (χ0) is 15.1. The summed E-state index contributed by atoms with van der Waals surface area (Å²) in [6.07, 6.45) is 12.2. The van der Waals surface area contributed by atoms with Gasteiger partial charge in [-0.15, -0.1) is 0 Å². The molecular formula is C18H30N2O. The number of nitrogens with one attached hydrogen (secondary N) is 1. The molecule has 0 bridgehead atoms. The molecule has 0 aromatic carbocycles. The van der Waals surface area contributed by atoms with Gasteiger partial charge in [-0.2, -0.15) is 0 Å². The van der Waals surface area contributed by atoms with Gasteiger partial charge in [0, 0.05) is 12.2 Å². The Labute approximate surface area is 129 Å². The van der Waals surface area contributed by atoms with Crippen molar-refractivity contribution < 1.29 is 4.74 Å². The standard InChI is InChI=1S/C18H30N2O/c1-4-20-18(15-9-7-5-6-8-10-15)16-11-17(13-19-12-16)21-14(2)3/h11-15,18,20H,4-10H2,1-3H3. The number of nitrogens with zero attached hydrogens (tertiary/aromatic N) is 1. The van der Waals surface area contributed by atoms with Gasteiger partial charge in [0.15, 0.2) is 0 Å². The summed E-state index contributed by atoms with van der Waals surface area (Å²) >= 11 is 0. The van der Waals surface area contributed by atoms with Crippen molar-refractivity contribution in [2.24, 2.45) is 5.92 Å². The summed E-state index contributed by atoms with van der Waals surface area (Å²) in [6, 6.07) is 2.59. The lowest BCUT2D eigenvalue weighted by Crippen LogP contribution is -2.28. The molecule has 118 valence electrons. The molecule has 0 spiro atoms. The fourth-order valence-corrected chi connectivity index (χ4v) is 3.36. The smallest absolute Gasteiger partial charge is 0.138 e. The molecule has 1 saturated carbocycles. The third-order valence-electron chi connectivity index (χ3n) is 4.26. The second-order valence-electron chi connectivity index (χ2n) is 6.41. The van der Waals surface area contributed by atoms with Crippen molar-refractivity contribution in [2.75, 3.05) is 6.54 Å². The normalized spacial score (nSPS) is 18.5. The first-order chi connectivity index (χ1) is 10.2. The summed E-state index contributed by atoms with van der Waals surface area (Å²) < 4.78 is 5.80. The van der Waals surface area contributed by atoms with Crippen LogP contribution in [-0.4, -0.2) is 17.6 Å². The van der Waals surface area contributed by atoms with Gasteiger partial charge in [0.25, 0.3) is 0 Å². The van der Waals surface area contributed by atoms with Gasteiger partial charge in [0.05, 0.1) is 12.3 Å². The fourth-order valence-electron chi connectivity index (χ4n) is 3.36. The third-order valence-corrected chi connectivity index (χ3v) is 4.26. The Bertz CT molecular complexity index is 411. The molecule has 1 atom stereocenters. The highest BCUT2D eigenvalue weighted by atomic mass is 16.5. The van der Waals surface area contributed by atoms with Crippen molar-refractivity contribution in [2.45, 2.75) is 71.4 Å². The lowest BCUT2D eigenvalue weighted by Gasteiger charge is -2.27. The molecule has 1 aromatic rings. The molecule has 0 aliphatic heterocycles. The Kier molecular flexibility index (Phi) is 6.50. The highest BCUT2D eigenvalue weighted by Crippen LogP contribution is 2.34. The highest BCUT2D eigenvalue weighted by Gasteiger charge is 2.24. The van der Waals surface area contributed by atoms with Crippen molar-refractivity contribution in [1.82, 2.24) is 10.3 Å². The van der Waals surface area contributed by atoms with E-state index in [-0.39, 0.29) is 6.10 Å². The largest absolute Gasteiger partial charge is 0.489 e. The molecule has 1 aliphatic rings. The van der Waals surface area contributed by atoms with Crippen LogP contribution in [0.2, 0.25) is 0 Å². The Balaban J connectivity index is 2.16. The van der Waals surface area contributed by atoms with Gasteiger partial charge in [0.1, 0.15) is 5.75 Å². The molecule has 1 aromatic heterocycles. The van der Waals surface area contributed by atoms with Crippen LogP contribution in [-0.2, 0) is 0 Å². The summed E-state index contributed by atoms with van der Waals surface area (Å²) in [5, 5.41) is 3.68. The van der Waals surface area contributed by atoms with Gasteiger partial charge in [-0.3, -0.25) is 4.98 Å². The molecule has 21 heavy (non-hydrogen) atoms. The summed E-state index contributed by atoms with van der Waals surface area (Å²) in [5.41, 5.74) is 1.28. The molecule has 1 N–H and O–H groups in total. The van der Waals surface area contributed by atoms with E-state index in [1.54, 1.807) is 0 Å². The van der Waals surface area contributed by atoms with Crippen molar-refractivity contribution in [1.29, 1.82) is 0 Å². The van der Waals surface area contributed by atoms with Crippen molar-refractivity contribution in [3.05, 3.63) is 24.0 Å². The third kappa shape index (κ3) is 4.99. The maximum atomic E-state index is 5.80. The van der Waals surface area contributed by atoms with Gasteiger partial charge < -0.3 is 10.1 Å². The van der Waals surface area contributed by atoms with Crippen LogP contribution >= 0.6 is 0 Å². The minimum atomic E-state index is 0.192. The molecule has 3 heteroatoms. The van der Waals surface area contributed by atoms with Gasteiger partial charge in [-0.1, -0.05) is 32.6 Å². The number of aromatic nitrogens is 1. The summed E-state index contributed by atoms with van der Waals surface area (Å²) in [6.45, 7) is 7.29. The zero-order valence-electron chi connectivity index (χ0n) is 13.8. The molecule has 1 fully saturated rings. The molecule has 3 nitrogen and oxygen atoms in total. The molecular weight excluding hydrogens is 260 g/mol. The molecule has 1 aliphatic carbocycles. The van der Waals surface area contributed by atoms with E-state index < -0.39 is 0 Å². The fraction of sp³-hybridized carbons (Fsp3) is 0.722.